The summed E-state index contributed by atoms with van der Waals surface area (Å²) in [5.74, 6) is -0.315. The summed E-state index contributed by atoms with van der Waals surface area (Å²) in [4.78, 5) is 29.4. The predicted octanol–water partition coefficient (Wildman–Crippen LogP) is 3.20. The van der Waals surface area contributed by atoms with Crippen LogP contribution in [0.25, 0.3) is 0 Å². The highest BCUT2D eigenvalue weighted by Crippen LogP contribution is 2.36. The minimum Gasteiger partial charge on any atom is -0.465 e. The molecule has 2 aromatic carbocycles. The lowest BCUT2D eigenvalue weighted by molar-refractivity contribution is -0.0307. The summed E-state index contributed by atoms with van der Waals surface area (Å²) in [5.41, 5.74) is 3.09. The molecule has 0 aliphatic carbocycles. The highest BCUT2D eigenvalue weighted by Gasteiger charge is 2.36. The van der Waals surface area contributed by atoms with Gasteiger partial charge in [-0.05, 0) is 35.2 Å². The largest absolute Gasteiger partial charge is 0.465 e. The second-order valence-electron chi connectivity index (χ2n) is 7.98. The molecule has 0 aromatic heterocycles. The maximum Gasteiger partial charge on any atom is 0.407 e. The Labute approximate surface area is 180 Å². The number of fused-ring (bicyclic) bond motifs is 1. The number of carboxylic acid groups (broad SMARTS) is 1. The molecule has 8 heteroatoms. The Kier molecular flexibility index (Phi) is 6.08. The van der Waals surface area contributed by atoms with Gasteiger partial charge in [0, 0.05) is 20.1 Å². The molecule has 31 heavy (non-hydrogen) atoms. The first-order chi connectivity index (χ1) is 14.9. The van der Waals surface area contributed by atoms with E-state index in [2.05, 4.69) is 6.07 Å². The molecular formula is C23H26FN3O4. The zero-order chi connectivity index (χ0) is 22.0. The number of rotatable bonds is 3. The first kappa shape index (κ1) is 21.1. The fourth-order valence-electron chi connectivity index (χ4n) is 4.35. The van der Waals surface area contributed by atoms with E-state index in [0.717, 1.165) is 22.4 Å². The Bertz CT molecular complexity index is 952. The molecule has 2 aliphatic heterocycles. The Morgan fingerprint density at radius 3 is 2.65 bits per heavy atom. The van der Waals surface area contributed by atoms with E-state index in [1.165, 1.54) is 24.7 Å². The number of carbonyl (C=O) groups excluding carboxylic acids is 1. The van der Waals surface area contributed by atoms with E-state index in [-0.39, 0.29) is 30.5 Å². The van der Waals surface area contributed by atoms with Crippen LogP contribution in [-0.4, -0.2) is 77.9 Å². The van der Waals surface area contributed by atoms with Crippen LogP contribution in [0.4, 0.5) is 14.0 Å². The smallest absolute Gasteiger partial charge is 0.407 e. The van der Waals surface area contributed by atoms with Crippen LogP contribution in [0.3, 0.4) is 0 Å². The molecule has 2 atom stereocenters. The summed E-state index contributed by atoms with van der Waals surface area (Å²) in [7, 11) is 1.48. The van der Waals surface area contributed by atoms with Crippen molar-refractivity contribution < 1.29 is 23.8 Å². The van der Waals surface area contributed by atoms with Gasteiger partial charge in [-0.15, -0.1) is 0 Å². The van der Waals surface area contributed by atoms with Crippen LogP contribution >= 0.6 is 0 Å². The lowest BCUT2D eigenvalue weighted by atomic mass is 9.88. The van der Waals surface area contributed by atoms with Gasteiger partial charge in [-0.2, -0.15) is 0 Å². The summed E-state index contributed by atoms with van der Waals surface area (Å²) >= 11 is 0. The molecule has 164 valence electrons. The first-order valence-corrected chi connectivity index (χ1v) is 10.4. The van der Waals surface area contributed by atoms with Crippen molar-refractivity contribution in [2.24, 2.45) is 0 Å². The van der Waals surface area contributed by atoms with Gasteiger partial charge < -0.3 is 24.5 Å². The molecule has 7 nitrogen and oxygen atoms in total. The molecule has 2 aliphatic rings. The summed E-state index contributed by atoms with van der Waals surface area (Å²) in [6.45, 7) is 1.87. The Balaban J connectivity index is 1.58. The van der Waals surface area contributed by atoms with Gasteiger partial charge in [0.25, 0.3) is 0 Å². The Morgan fingerprint density at radius 1 is 1.16 bits per heavy atom. The van der Waals surface area contributed by atoms with Crippen molar-refractivity contribution in [3.63, 3.8) is 0 Å². The van der Waals surface area contributed by atoms with Gasteiger partial charge in [0.05, 0.1) is 31.8 Å². The number of halogens is 1. The molecule has 4 rings (SSSR count). The fourth-order valence-corrected chi connectivity index (χ4v) is 4.35. The molecule has 0 radical (unpaired) electrons. The van der Waals surface area contributed by atoms with E-state index in [4.69, 9.17) is 9.84 Å². The van der Waals surface area contributed by atoms with Crippen LogP contribution in [0.5, 0.6) is 0 Å². The van der Waals surface area contributed by atoms with Gasteiger partial charge >= 0.3 is 12.1 Å². The van der Waals surface area contributed by atoms with Crippen molar-refractivity contribution in [1.82, 2.24) is 14.7 Å². The standard InChI is InChI=1S/C23H26FN3O4/c1-25(23(29)30)14-19-15-26(12-13-31-19)22(28)27-11-10-16-4-2-3-5-20(16)21(27)17-6-8-18(24)9-7-17/h2-9,19,21H,10-15H2,1H3,(H,29,30)/t19-,21+/m1/s1. The van der Waals surface area contributed by atoms with Gasteiger partial charge in [-0.25, -0.2) is 14.0 Å². The zero-order valence-corrected chi connectivity index (χ0v) is 17.4. The van der Waals surface area contributed by atoms with Gasteiger partial charge in [-0.1, -0.05) is 36.4 Å². The average Bonchev–Trinajstić information content (AvgIpc) is 2.78. The van der Waals surface area contributed by atoms with Gasteiger partial charge in [0.1, 0.15) is 5.82 Å². The maximum atomic E-state index is 13.6. The van der Waals surface area contributed by atoms with Crippen molar-refractivity contribution in [1.29, 1.82) is 0 Å². The molecule has 1 N–H and O–H groups in total. The van der Waals surface area contributed by atoms with E-state index < -0.39 is 6.09 Å². The summed E-state index contributed by atoms with van der Waals surface area (Å²) in [6.07, 6.45) is -0.661. The zero-order valence-electron chi connectivity index (χ0n) is 17.4. The highest BCUT2D eigenvalue weighted by atomic mass is 19.1. The highest BCUT2D eigenvalue weighted by molar-refractivity contribution is 5.76. The first-order valence-electron chi connectivity index (χ1n) is 10.4. The van der Waals surface area contributed by atoms with Crippen molar-refractivity contribution in [3.05, 3.63) is 71.0 Å². The average molecular weight is 427 g/mol. The number of benzene rings is 2. The fraction of sp³-hybridized carbons (Fsp3) is 0.391. The molecule has 1 saturated heterocycles. The number of nitrogens with zero attached hydrogens (tertiary/aromatic N) is 3. The Hall–Kier alpha value is -3.13. The van der Waals surface area contributed by atoms with E-state index >= 15 is 0 Å². The quantitative estimate of drug-likeness (QED) is 0.817. The van der Waals surface area contributed by atoms with Crippen LogP contribution in [-0.2, 0) is 11.2 Å². The molecule has 1 fully saturated rings. The molecule has 0 bridgehead atoms. The predicted molar refractivity (Wildman–Crippen MR) is 112 cm³/mol. The number of carbonyl (C=O) groups is 2. The van der Waals surface area contributed by atoms with Gasteiger partial charge in [0.15, 0.2) is 0 Å². The van der Waals surface area contributed by atoms with Crippen molar-refractivity contribution in [2.45, 2.75) is 18.6 Å². The third kappa shape index (κ3) is 4.49. The van der Waals surface area contributed by atoms with Crippen LogP contribution in [0.15, 0.2) is 48.5 Å². The van der Waals surface area contributed by atoms with Gasteiger partial charge in [0.2, 0.25) is 0 Å². The number of hydrogen-bond donors (Lipinski definition) is 1. The number of amides is 3. The third-order valence-corrected chi connectivity index (χ3v) is 5.93. The van der Waals surface area contributed by atoms with Crippen molar-refractivity contribution >= 4 is 12.1 Å². The monoisotopic (exact) mass is 427 g/mol. The SMILES string of the molecule is CN(C[C@@H]1CN(C(=O)N2CCc3ccccc3[C@@H]2c2ccc(F)cc2)CCO1)C(=O)O. The lowest BCUT2D eigenvalue weighted by Gasteiger charge is -2.42. The second-order valence-corrected chi connectivity index (χ2v) is 7.98. The minimum absolute atomic E-state index is 0.116. The normalized spacial score (nSPS) is 20.8. The number of ether oxygens (including phenoxy) is 1. The molecule has 0 unspecified atom stereocenters. The third-order valence-electron chi connectivity index (χ3n) is 5.93. The van der Waals surface area contributed by atoms with Crippen molar-refractivity contribution in [2.75, 3.05) is 39.8 Å². The second kappa shape index (κ2) is 8.93. The summed E-state index contributed by atoms with van der Waals surface area (Å²) in [5, 5.41) is 9.12. The molecule has 0 saturated carbocycles. The molecule has 2 aromatic rings. The minimum atomic E-state index is -1.03. The summed E-state index contributed by atoms with van der Waals surface area (Å²) in [6, 6.07) is 13.9. The lowest BCUT2D eigenvalue weighted by Crippen LogP contribution is -2.55. The number of hydrogen-bond acceptors (Lipinski definition) is 3. The number of urea groups is 1. The van der Waals surface area contributed by atoms with Crippen LogP contribution in [0.1, 0.15) is 22.7 Å². The molecule has 2 heterocycles. The molecule has 3 amide bonds. The van der Waals surface area contributed by atoms with E-state index in [9.17, 15) is 14.0 Å². The van der Waals surface area contributed by atoms with Crippen LogP contribution in [0.2, 0.25) is 0 Å². The van der Waals surface area contributed by atoms with E-state index in [0.29, 0.717) is 26.2 Å². The van der Waals surface area contributed by atoms with E-state index in [1.807, 2.05) is 23.1 Å². The van der Waals surface area contributed by atoms with Crippen LogP contribution in [0, 0.1) is 5.82 Å². The summed E-state index contributed by atoms with van der Waals surface area (Å²) < 4.78 is 19.2. The van der Waals surface area contributed by atoms with Gasteiger partial charge in [-0.3, -0.25) is 0 Å². The number of morpholine rings is 1. The maximum absolute atomic E-state index is 13.6. The van der Waals surface area contributed by atoms with Crippen LogP contribution < -0.4 is 0 Å². The Morgan fingerprint density at radius 2 is 1.90 bits per heavy atom. The topological polar surface area (TPSA) is 73.3 Å². The van der Waals surface area contributed by atoms with E-state index in [1.54, 1.807) is 17.0 Å². The van der Waals surface area contributed by atoms with Crippen molar-refractivity contribution in [3.8, 4) is 0 Å². The molecule has 0 spiro atoms. The number of likely N-dealkylation sites (N-methyl/N-ethyl adjacent to an activating group) is 1. The molecular weight excluding hydrogens is 401 g/mol.